The highest BCUT2D eigenvalue weighted by Gasteiger charge is 2.74. The molecule has 1 N–H and O–H groups in total. The quantitative estimate of drug-likeness (QED) is 0.398. The predicted octanol–water partition coefficient (Wildman–Crippen LogP) is 4.13. The number of amides is 1. The van der Waals surface area contributed by atoms with E-state index in [4.69, 9.17) is 13.9 Å². The van der Waals surface area contributed by atoms with Crippen molar-refractivity contribution in [3.05, 3.63) is 82.2 Å². The number of aliphatic hydroxyl groups is 1. The molecular formula is C31H31BrN2O7S. The van der Waals surface area contributed by atoms with Crippen molar-refractivity contribution in [1.29, 1.82) is 0 Å². The summed E-state index contributed by atoms with van der Waals surface area (Å²) < 4.78 is 47.8. The predicted molar refractivity (Wildman–Crippen MR) is 158 cm³/mol. The topological polar surface area (TPSA) is 110 Å². The molecule has 1 spiro atoms. The zero-order valence-corrected chi connectivity index (χ0v) is 25.6. The number of ether oxygens (including phenoxy) is 2. The maximum atomic E-state index is 14.1. The monoisotopic (exact) mass is 654 g/mol. The lowest BCUT2D eigenvalue weighted by Crippen LogP contribution is -2.78. The van der Waals surface area contributed by atoms with Crippen molar-refractivity contribution < 1.29 is 32.2 Å². The molecule has 1 saturated carbocycles. The number of carbonyl (C=O) groups is 1. The van der Waals surface area contributed by atoms with E-state index in [-0.39, 0.29) is 23.4 Å². The number of furan rings is 1. The smallest absolute Gasteiger partial charge is 0.246 e. The molecule has 42 heavy (non-hydrogen) atoms. The van der Waals surface area contributed by atoms with E-state index in [0.717, 1.165) is 16.7 Å². The summed E-state index contributed by atoms with van der Waals surface area (Å²) in [6.45, 7) is 0.206. The second-order valence-electron chi connectivity index (χ2n) is 11.5. The second kappa shape index (κ2) is 9.70. The van der Waals surface area contributed by atoms with Crippen LogP contribution in [-0.4, -0.2) is 73.1 Å². The Hall–Kier alpha value is -3.12. The number of nitrogens with zero attached hydrogens (tertiary/aromatic N) is 2. The van der Waals surface area contributed by atoms with Gasteiger partial charge >= 0.3 is 0 Å². The lowest BCUT2D eigenvalue weighted by molar-refractivity contribution is -0.186. The van der Waals surface area contributed by atoms with Crippen LogP contribution in [0.1, 0.15) is 36.0 Å². The van der Waals surface area contributed by atoms with Gasteiger partial charge in [-0.15, -0.1) is 0 Å². The number of benzene rings is 2. The van der Waals surface area contributed by atoms with Crippen LogP contribution in [0.3, 0.4) is 0 Å². The van der Waals surface area contributed by atoms with Crippen LogP contribution in [0.5, 0.6) is 11.5 Å². The van der Waals surface area contributed by atoms with Gasteiger partial charge in [0, 0.05) is 35.3 Å². The van der Waals surface area contributed by atoms with Crippen LogP contribution in [-0.2, 0) is 26.7 Å². The Bertz CT molecular complexity index is 1710. The molecule has 0 unspecified atom stereocenters. The Kier molecular flexibility index (Phi) is 6.40. The minimum Gasteiger partial charge on any atom is -0.493 e. The van der Waals surface area contributed by atoms with Crippen LogP contribution < -0.4 is 9.47 Å². The van der Waals surface area contributed by atoms with Crippen molar-refractivity contribution in [3.8, 4) is 11.5 Å². The molecule has 1 saturated heterocycles. The highest BCUT2D eigenvalue weighted by molar-refractivity contribution is 9.10. The molecule has 2 aliphatic carbocycles. The molecule has 2 aliphatic heterocycles. The third-order valence-electron chi connectivity index (χ3n) is 9.82. The molecule has 3 heterocycles. The number of methoxy groups -OCH3 is 1. The Morgan fingerprint density at radius 1 is 1.21 bits per heavy atom. The summed E-state index contributed by atoms with van der Waals surface area (Å²) in [5, 5.41) is 12.8. The summed E-state index contributed by atoms with van der Waals surface area (Å²) in [6.07, 6.45) is 7.16. The Morgan fingerprint density at radius 2 is 2.02 bits per heavy atom. The molecule has 4 aliphatic rings. The number of hydrogen-bond donors (Lipinski definition) is 1. The van der Waals surface area contributed by atoms with E-state index in [2.05, 4.69) is 15.9 Å². The van der Waals surface area contributed by atoms with Crippen LogP contribution in [0.25, 0.3) is 6.08 Å². The molecule has 1 amide bonds. The molecule has 220 valence electrons. The molecule has 2 bridgehead atoms. The second-order valence-corrected chi connectivity index (χ2v) is 14.2. The Labute approximate surface area is 252 Å². The number of piperidine rings is 1. The van der Waals surface area contributed by atoms with Gasteiger partial charge in [0.2, 0.25) is 15.9 Å². The normalized spacial score (nSPS) is 29.7. The maximum Gasteiger partial charge on any atom is 0.246 e. The van der Waals surface area contributed by atoms with E-state index in [1.54, 1.807) is 68.0 Å². The van der Waals surface area contributed by atoms with E-state index in [9.17, 15) is 18.3 Å². The van der Waals surface area contributed by atoms with Gasteiger partial charge in [-0.2, -0.15) is 4.31 Å². The third kappa shape index (κ3) is 3.66. The van der Waals surface area contributed by atoms with Crippen molar-refractivity contribution >= 4 is 37.9 Å². The van der Waals surface area contributed by atoms with Crippen LogP contribution in [0.15, 0.2) is 74.9 Å². The lowest BCUT2D eigenvalue weighted by Gasteiger charge is -2.64. The van der Waals surface area contributed by atoms with Crippen molar-refractivity contribution in [2.45, 2.75) is 59.8 Å². The zero-order valence-electron chi connectivity index (χ0n) is 23.2. The third-order valence-corrected chi connectivity index (χ3v) is 12.7. The van der Waals surface area contributed by atoms with E-state index in [0.29, 0.717) is 41.7 Å². The molecule has 5 atom stereocenters. The van der Waals surface area contributed by atoms with Crippen LogP contribution in [0.4, 0.5) is 0 Å². The number of likely N-dealkylation sites (N-methyl/N-ethyl adjacent to an activating group) is 1. The first-order valence-electron chi connectivity index (χ1n) is 14.0. The molecule has 1 aromatic heterocycles. The Balaban J connectivity index is 1.32. The SMILES string of the molecule is COc1ccc2c3c1O[C@H]1[C@H](N(C)C(=O)/C=C/c4ccoc4)CC[C@@]4(O)[C@@H](C2)N(S(=O)(=O)c2ccccc2Br)CC[C@]314. The van der Waals surface area contributed by atoms with Crippen molar-refractivity contribution in [3.63, 3.8) is 0 Å². The summed E-state index contributed by atoms with van der Waals surface area (Å²) in [6, 6.07) is 11.3. The number of halogens is 1. The summed E-state index contributed by atoms with van der Waals surface area (Å²) in [4.78, 5) is 15.2. The first kappa shape index (κ1) is 27.7. The molecule has 7 rings (SSSR count). The van der Waals surface area contributed by atoms with Crippen molar-refractivity contribution in [1.82, 2.24) is 9.21 Å². The van der Waals surface area contributed by atoms with Gasteiger partial charge in [-0.3, -0.25) is 4.79 Å². The summed E-state index contributed by atoms with van der Waals surface area (Å²) >= 11 is 3.42. The number of rotatable bonds is 6. The van der Waals surface area contributed by atoms with Gasteiger partial charge in [0.15, 0.2) is 11.5 Å². The molecular weight excluding hydrogens is 624 g/mol. The molecule has 2 aromatic carbocycles. The molecule has 11 heteroatoms. The number of hydrogen-bond acceptors (Lipinski definition) is 7. The van der Waals surface area contributed by atoms with Gasteiger partial charge in [-0.1, -0.05) is 18.2 Å². The average Bonchev–Trinajstić information content (AvgIpc) is 3.61. The fraction of sp³-hybridized carbons (Fsp3) is 0.387. The van der Waals surface area contributed by atoms with Crippen molar-refractivity contribution in [2.24, 2.45) is 0 Å². The molecule has 0 radical (unpaired) electrons. The number of sulfonamides is 1. The van der Waals surface area contributed by atoms with E-state index >= 15 is 0 Å². The van der Waals surface area contributed by atoms with Crippen molar-refractivity contribution in [2.75, 3.05) is 20.7 Å². The van der Waals surface area contributed by atoms with Crippen LogP contribution in [0, 0.1) is 0 Å². The lowest BCUT2D eigenvalue weighted by atomic mass is 9.48. The van der Waals surface area contributed by atoms with E-state index < -0.39 is 33.2 Å². The average molecular weight is 656 g/mol. The van der Waals surface area contributed by atoms with E-state index in [1.807, 2.05) is 12.1 Å². The minimum atomic E-state index is -3.94. The summed E-state index contributed by atoms with van der Waals surface area (Å²) in [5.41, 5.74) is 0.274. The van der Waals surface area contributed by atoms with Gasteiger partial charge in [0.25, 0.3) is 0 Å². The maximum absolute atomic E-state index is 14.1. The van der Waals surface area contributed by atoms with Gasteiger partial charge in [-0.25, -0.2) is 8.42 Å². The van der Waals surface area contributed by atoms with Gasteiger partial charge < -0.3 is 23.9 Å². The van der Waals surface area contributed by atoms with Gasteiger partial charge in [0.1, 0.15) is 6.10 Å². The highest BCUT2D eigenvalue weighted by Crippen LogP contribution is 2.66. The number of carbonyl (C=O) groups excluding carboxylic acids is 1. The largest absolute Gasteiger partial charge is 0.493 e. The first-order chi connectivity index (χ1) is 20.1. The van der Waals surface area contributed by atoms with Crippen LogP contribution >= 0.6 is 15.9 Å². The zero-order chi connectivity index (χ0) is 29.4. The molecule has 3 aromatic rings. The first-order valence-corrected chi connectivity index (χ1v) is 16.2. The highest BCUT2D eigenvalue weighted by atomic mass is 79.9. The van der Waals surface area contributed by atoms with Crippen LogP contribution in [0.2, 0.25) is 0 Å². The fourth-order valence-corrected chi connectivity index (χ4v) is 10.5. The summed E-state index contributed by atoms with van der Waals surface area (Å²) in [5.74, 6) is 0.950. The minimum absolute atomic E-state index is 0.174. The Morgan fingerprint density at radius 3 is 2.76 bits per heavy atom. The summed E-state index contributed by atoms with van der Waals surface area (Å²) in [7, 11) is -0.606. The standard InChI is InChI=1S/C31H31BrN2O7S/c1-33(26(35)10-7-19-12-16-40-18-19)22-11-13-31(36)25-17-20-8-9-23(39-2)28-27(20)30(31,29(22)41-28)14-15-34(25)42(37,38)24-6-4-3-5-21(24)32/h3-10,12,16,18,22,25,29,36H,11,13-15,17H2,1-2H3/b10-7+/t22-,25-,29+,30+,31-/m1/s1. The van der Waals surface area contributed by atoms with E-state index in [1.165, 1.54) is 10.4 Å². The molecule has 2 fully saturated rings. The van der Waals surface area contributed by atoms with Gasteiger partial charge in [0.05, 0.1) is 47.6 Å². The van der Waals surface area contributed by atoms with Gasteiger partial charge in [-0.05, 0) is 77.5 Å². The molecule has 9 nitrogen and oxygen atoms in total. The fourth-order valence-electron chi connectivity index (χ4n) is 7.91.